The van der Waals surface area contributed by atoms with Crippen LogP contribution in [0.1, 0.15) is 18.1 Å². The lowest BCUT2D eigenvalue weighted by molar-refractivity contribution is -0.159. The van der Waals surface area contributed by atoms with Crippen LogP contribution in [0.2, 0.25) is 0 Å². The molecule has 0 amide bonds. The van der Waals surface area contributed by atoms with Crippen molar-refractivity contribution in [3.8, 4) is 0 Å². The Bertz CT molecular complexity index is 437. The smallest absolute Gasteiger partial charge is 0.342 e. The van der Waals surface area contributed by atoms with Gasteiger partial charge in [-0.25, -0.2) is 4.79 Å². The Hall–Kier alpha value is -1.61. The molecule has 84 valence electrons. The highest BCUT2D eigenvalue weighted by Gasteiger charge is 2.37. The number of hydrogen-bond acceptors (Lipinski definition) is 3. The zero-order valence-electron chi connectivity index (χ0n) is 9.14. The number of fused-ring (bicyclic) bond motifs is 1. The van der Waals surface area contributed by atoms with Gasteiger partial charge in [-0.1, -0.05) is 30.3 Å². The van der Waals surface area contributed by atoms with Gasteiger partial charge in [-0.3, -0.25) is 0 Å². The van der Waals surface area contributed by atoms with E-state index in [1.807, 2.05) is 24.3 Å². The van der Waals surface area contributed by atoms with Crippen molar-refractivity contribution >= 4 is 12.0 Å². The summed E-state index contributed by atoms with van der Waals surface area (Å²) >= 11 is 0. The predicted octanol–water partition coefficient (Wildman–Crippen LogP) is 1.55. The molecule has 1 atom stereocenters. The maximum Gasteiger partial charge on any atom is 0.342 e. The van der Waals surface area contributed by atoms with Crippen LogP contribution < -0.4 is 0 Å². The average molecular weight is 218 g/mol. The molecule has 0 radical (unpaired) electrons. The lowest BCUT2D eigenvalue weighted by atomic mass is 9.86. The van der Waals surface area contributed by atoms with E-state index in [-0.39, 0.29) is 13.0 Å². The third-order valence-electron chi connectivity index (χ3n) is 2.68. The largest absolute Gasteiger partial charge is 0.464 e. The van der Waals surface area contributed by atoms with Crippen LogP contribution in [-0.4, -0.2) is 23.3 Å². The van der Waals surface area contributed by atoms with Crippen molar-refractivity contribution in [1.82, 2.24) is 0 Å². The van der Waals surface area contributed by atoms with E-state index in [1.165, 1.54) is 6.08 Å². The molecule has 0 saturated carbocycles. The van der Waals surface area contributed by atoms with Crippen LogP contribution in [0.3, 0.4) is 0 Å². The summed E-state index contributed by atoms with van der Waals surface area (Å²) in [7, 11) is 0. The molecule has 1 aromatic carbocycles. The monoisotopic (exact) mass is 218 g/mol. The summed E-state index contributed by atoms with van der Waals surface area (Å²) in [5.41, 5.74) is 0.488. The van der Waals surface area contributed by atoms with E-state index in [9.17, 15) is 9.90 Å². The molecular weight excluding hydrogens is 204 g/mol. The molecule has 1 aromatic rings. The number of esters is 1. The van der Waals surface area contributed by atoms with E-state index in [2.05, 4.69) is 0 Å². The quantitative estimate of drug-likeness (QED) is 0.766. The molecule has 0 aromatic heterocycles. The van der Waals surface area contributed by atoms with Crippen LogP contribution in [0.25, 0.3) is 6.08 Å². The van der Waals surface area contributed by atoms with Gasteiger partial charge in [0.25, 0.3) is 0 Å². The SMILES string of the molecule is CCOC(=O)C1(O)C=Cc2ccccc2C1. The fraction of sp³-hybridized carbons (Fsp3) is 0.308. The molecule has 16 heavy (non-hydrogen) atoms. The molecule has 1 aliphatic carbocycles. The van der Waals surface area contributed by atoms with Crippen LogP contribution in [0.4, 0.5) is 0 Å². The summed E-state index contributed by atoms with van der Waals surface area (Å²) in [5.74, 6) is -0.583. The molecule has 0 aliphatic heterocycles. The Morgan fingerprint density at radius 2 is 2.25 bits per heavy atom. The van der Waals surface area contributed by atoms with Gasteiger partial charge >= 0.3 is 5.97 Å². The van der Waals surface area contributed by atoms with Gasteiger partial charge in [0.1, 0.15) is 0 Å². The lowest BCUT2D eigenvalue weighted by Gasteiger charge is -2.26. The van der Waals surface area contributed by atoms with Crippen LogP contribution in [0.5, 0.6) is 0 Å². The highest BCUT2D eigenvalue weighted by atomic mass is 16.5. The Labute approximate surface area is 94.4 Å². The van der Waals surface area contributed by atoms with Crippen molar-refractivity contribution < 1.29 is 14.6 Å². The molecule has 1 N–H and O–H groups in total. The molecular formula is C13H14O3. The molecule has 3 heteroatoms. The van der Waals surface area contributed by atoms with E-state index in [0.29, 0.717) is 0 Å². The second kappa shape index (κ2) is 4.10. The van der Waals surface area contributed by atoms with Gasteiger partial charge in [0.15, 0.2) is 5.60 Å². The second-order valence-electron chi connectivity index (χ2n) is 3.85. The summed E-state index contributed by atoms with van der Waals surface area (Å²) in [5, 5.41) is 10.2. The number of carbonyl (C=O) groups is 1. The van der Waals surface area contributed by atoms with E-state index >= 15 is 0 Å². The minimum atomic E-state index is -1.51. The van der Waals surface area contributed by atoms with E-state index in [0.717, 1.165) is 11.1 Å². The third kappa shape index (κ3) is 1.86. The van der Waals surface area contributed by atoms with Crippen molar-refractivity contribution in [1.29, 1.82) is 0 Å². The van der Waals surface area contributed by atoms with Crippen LogP contribution >= 0.6 is 0 Å². The number of aliphatic hydroxyl groups is 1. The van der Waals surface area contributed by atoms with E-state index in [1.54, 1.807) is 13.0 Å². The number of benzene rings is 1. The van der Waals surface area contributed by atoms with Gasteiger partial charge < -0.3 is 9.84 Å². The van der Waals surface area contributed by atoms with Gasteiger partial charge in [0, 0.05) is 6.42 Å². The Kier molecular flexibility index (Phi) is 2.79. The summed E-state index contributed by atoms with van der Waals surface area (Å²) in [6.07, 6.45) is 3.54. The standard InChI is InChI=1S/C13H14O3/c1-2-16-12(14)13(15)8-7-10-5-3-4-6-11(10)9-13/h3-8,15H,2,9H2,1H3. The average Bonchev–Trinajstić information content (AvgIpc) is 2.29. The summed E-state index contributed by atoms with van der Waals surface area (Å²) in [6, 6.07) is 7.68. The van der Waals surface area contributed by atoms with Crippen molar-refractivity contribution in [2.75, 3.05) is 6.61 Å². The minimum absolute atomic E-state index is 0.274. The number of rotatable bonds is 2. The van der Waals surface area contributed by atoms with E-state index in [4.69, 9.17) is 4.74 Å². The van der Waals surface area contributed by atoms with Crippen LogP contribution in [0.15, 0.2) is 30.3 Å². The van der Waals surface area contributed by atoms with Gasteiger partial charge in [-0.15, -0.1) is 0 Å². The fourth-order valence-electron chi connectivity index (χ4n) is 1.83. The first-order valence-corrected chi connectivity index (χ1v) is 5.32. The Morgan fingerprint density at radius 3 is 3.00 bits per heavy atom. The molecule has 3 nitrogen and oxygen atoms in total. The highest BCUT2D eigenvalue weighted by Crippen LogP contribution is 2.26. The zero-order valence-corrected chi connectivity index (χ0v) is 9.14. The lowest BCUT2D eigenvalue weighted by Crippen LogP contribution is -2.41. The first-order chi connectivity index (χ1) is 7.65. The van der Waals surface area contributed by atoms with Crippen molar-refractivity contribution in [3.63, 3.8) is 0 Å². The van der Waals surface area contributed by atoms with Gasteiger partial charge in [-0.05, 0) is 24.1 Å². The number of carbonyl (C=O) groups excluding carboxylic acids is 1. The minimum Gasteiger partial charge on any atom is -0.464 e. The highest BCUT2D eigenvalue weighted by molar-refractivity contribution is 5.85. The first-order valence-electron chi connectivity index (χ1n) is 5.32. The zero-order chi connectivity index (χ0) is 11.6. The normalized spacial score (nSPS) is 22.6. The molecule has 0 fully saturated rings. The van der Waals surface area contributed by atoms with Crippen LogP contribution in [0, 0.1) is 0 Å². The molecule has 0 saturated heterocycles. The molecule has 0 spiro atoms. The fourth-order valence-corrected chi connectivity index (χ4v) is 1.83. The Balaban J connectivity index is 2.28. The molecule has 0 bridgehead atoms. The first kappa shape index (κ1) is 10.9. The van der Waals surface area contributed by atoms with Crippen molar-refractivity contribution in [2.24, 2.45) is 0 Å². The van der Waals surface area contributed by atoms with E-state index < -0.39 is 11.6 Å². The maximum atomic E-state index is 11.6. The van der Waals surface area contributed by atoms with Gasteiger partial charge in [0.2, 0.25) is 0 Å². The van der Waals surface area contributed by atoms with Gasteiger partial charge in [-0.2, -0.15) is 0 Å². The predicted molar refractivity (Wildman–Crippen MR) is 60.8 cm³/mol. The van der Waals surface area contributed by atoms with Crippen LogP contribution in [-0.2, 0) is 16.0 Å². The Morgan fingerprint density at radius 1 is 1.50 bits per heavy atom. The molecule has 2 rings (SSSR count). The number of ether oxygens (including phenoxy) is 1. The second-order valence-corrected chi connectivity index (χ2v) is 3.85. The van der Waals surface area contributed by atoms with Gasteiger partial charge in [0.05, 0.1) is 6.61 Å². The summed E-state index contributed by atoms with van der Waals surface area (Å²) in [4.78, 5) is 11.6. The molecule has 0 heterocycles. The maximum absolute atomic E-state index is 11.6. The van der Waals surface area contributed by atoms with Crippen molar-refractivity contribution in [2.45, 2.75) is 18.9 Å². The number of hydrogen-bond donors (Lipinski definition) is 1. The molecule has 1 aliphatic rings. The summed E-state index contributed by atoms with van der Waals surface area (Å²) in [6.45, 7) is 2.00. The topological polar surface area (TPSA) is 46.5 Å². The van der Waals surface area contributed by atoms with Crippen molar-refractivity contribution in [3.05, 3.63) is 41.5 Å². The third-order valence-corrected chi connectivity index (χ3v) is 2.68. The summed E-state index contributed by atoms with van der Waals surface area (Å²) < 4.78 is 4.86. The molecule has 1 unspecified atom stereocenters.